The van der Waals surface area contributed by atoms with E-state index in [2.05, 4.69) is 55.6 Å². The summed E-state index contributed by atoms with van der Waals surface area (Å²) in [7, 11) is 0. The average molecular weight is 955 g/mol. The number of hydrogen-bond acceptors (Lipinski definition) is 5. The van der Waals surface area contributed by atoms with Gasteiger partial charge in [-0.2, -0.15) is 0 Å². The first-order chi connectivity index (χ1) is 33.5. The van der Waals surface area contributed by atoms with Crippen molar-refractivity contribution in [3.63, 3.8) is 0 Å². The third-order valence-electron chi connectivity index (χ3n) is 13.6. The molecule has 0 aromatic heterocycles. The Morgan fingerprint density at radius 3 is 1.13 bits per heavy atom. The lowest BCUT2D eigenvalue weighted by Gasteiger charge is -2.20. The van der Waals surface area contributed by atoms with Crippen LogP contribution in [0, 0.1) is 0 Å². The zero-order chi connectivity index (χ0) is 49.3. The minimum atomic E-state index is -0.851. The molecule has 6 heteroatoms. The van der Waals surface area contributed by atoms with Crippen LogP contribution in [-0.2, 0) is 14.3 Å². The molecule has 0 fully saturated rings. The standard InChI is InChI=1S/C62H115NO5/c1-3-5-7-9-11-13-15-17-18-29-32-36-40-44-48-52-56-62(67)68-57-53-49-45-41-37-33-30-27-25-23-21-19-20-22-24-26-28-31-35-39-43-47-51-55-61(66)63-59(58-64)60(65)54-50-46-42-38-34-16-14-12-10-8-6-4-2/h18-19,21-22,24,29,50,54,59-60,64-65H,3-17,20,23,25-28,30-49,51-53,55-58H2,1-2H3,(H,63,66)/b21-19-,24-22-,29-18-,54-50+. The fourth-order valence-electron chi connectivity index (χ4n) is 8.95. The first-order valence-electron chi connectivity index (χ1n) is 29.9. The maximum absolute atomic E-state index is 12.4. The van der Waals surface area contributed by atoms with Gasteiger partial charge in [0.2, 0.25) is 5.91 Å². The van der Waals surface area contributed by atoms with Crippen LogP contribution in [-0.4, -0.2) is 47.4 Å². The van der Waals surface area contributed by atoms with E-state index in [1.807, 2.05) is 6.08 Å². The minimum Gasteiger partial charge on any atom is -0.466 e. The maximum atomic E-state index is 12.4. The summed E-state index contributed by atoms with van der Waals surface area (Å²) < 4.78 is 5.48. The van der Waals surface area contributed by atoms with Crippen molar-refractivity contribution in [1.82, 2.24) is 5.32 Å². The summed E-state index contributed by atoms with van der Waals surface area (Å²) in [5.41, 5.74) is 0. The van der Waals surface area contributed by atoms with Gasteiger partial charge in [-0.1, -0.05) is 255 Å². The number of carbonyl (C=O) groups excluding carboxylic acids is 2. The summed E-state index contributed by atoms with van der Waals surface area (Å²) in [5, 5.41) is 23.0. The Kier molecular flexibility index (Phi) is 55.6. The smallest absolute Gasteiger partial charge is 0.305 e. The number of esters is 1. The van der Waals surface area contributed by atoms with E-state index in [4.69, 9.17) is 4.74 Å². The average Bonchev–Trinajstić information content (AvgIpc) is 3.34. The molecule has 0 radical (unpaired) electrons. The van der Waals surface area contributed by atoms with E-state index in [0.717, 1.165) is 64.2 Å². The molecule has 0 aliphatic rings. The molecule has 0 aromatic rings. The number of aliphatic hydroxyl groups excluding tert-OH is 2. The predicted molar refractivity (Wildman–Crippen MR) is 296 cm³/mol. The lowest BCUT2D eigenvalue weighted by atomic mass is 10.1. The van der Waals surface area contributed by atoms with Gasteiger partial charge in [-0.15, -0.1) is 0 Å². The fourth-order valence-corrected chi connectivity index (χ4v) is 8.95. The zero-order valence-electron chi connectivity index (χ0n) is 45.3. The van der Waals surface area contributed by atoms with Crippen molar-refractivity contribution in [2.45, 2.75) is 321 Å². The van der Waals surface area contributed by atoms with Crippen LogP contribution in [0.15, 0.2) is 48.6 Å². The Balaban J connectivity index is 3.46. The topological polar surface area (TPSA) is 95.9 Å². The Labute approximate surface area is 423 Å². The Bertz CT molecular complexity index is 1150. The highest BCUT2D eigenvalue weighted by Gasteiger charge is 2.18. The molecule has 398 valence electrons. The van der Waals surface area contributed by atoms with Gasteiger partial charge in [0.05, 0.1) is 25.4 Å². The Morgan fingerprint density at radius 2 is 0.735 bits per heavy atom. The van der Waals surface area contributed by atoms with E-state index in [1.54, 1.807) is 6.08 Å². The minimum absolute atomic E-state index is 0.00137. The van der Waals surface area contributed by atoms with Crippen LogP contribution in [0.1, 0.15) is 309 Å². The van der Waals surface area contributed by atoms with Crippen molar-refractivity contribution >= 4 is 11.9 Å². The van der Waals surface area contributed by atoms with Crippen LogP contribution in [0.25, 0.3) is 0 Å². The molecule has 0 saturated carbocycles. The van der Waals surface area contributed by atoms with Crippen LogP contribution in [0.3, 0.4) is 0 Å². The largest absolute Gasteiger partial charge is 0.466 e. The van der Waals surface area contributed by atoms with Crippen LogP contribution in [0.2, 0.25) is 0 Å². The first-order valence-corrected chi connectivity index (χ1v) is 29.9. The van der Waals surface area contributed by atoms with Crippen molar-refractivity contribution in [1.29, 1.82) is 0 Å². The van der Waals surface area contributed by atoms with Gasteiger partial charge < -0.3 is 20.3 Å². The molecule has 6 nitrogen and oxygen atoms in total. The molecule has 2 unspecified atom stereocenters. The molecule has 0 saturated heterocycles. The summed E-state index contributed by atoms with van der Waals surface area (Å²) in [4.78, 5) is 24.5. The lowest BCUT2D eigenvalue weighted by Crippen LogP contribution is -2.45. The number of allylic oxidation sites excluding steroid dienone is 7. The molecule has 1 amide bonds. The van der Waals surface area contributed by atoms with Crippen LogP contribution >= 0.6 is 0 Å². The molecule has 0 heterocycles. The molecule has 0 bridgehead atoms. The van der Waals surface area contributed by atoms with Crippen molar-refractivity contribution in [3.05, 3.63) is 48.6 Å². The van der Waals surface area contributed by atoms with Crippen molar-refractivity contribution in [3.8, 4) is 0 Å². The van der Waals surface area contributed by atoms with Crippen LogP contribution < -0.4 is 5.32 Å². The van der Waals surface area contributed by atoms with Crippen LogP contribution in [0.4, 0.5) is 0 Å². The molecular weight excluding hydrogens is 839 g/mol. The first kappa shape index (κ1) is 65.8. The quantitative estimate of drug-likeness (QED) is 0.0321. The summed E-state index contributed by atoms with van der Waals surface area (Å²) in [5.74, 6) is -0.0811. The molecule has 3 N–H and O–H groups in total. The number of hydrogen-bond donors (Lipinski definition) is 3. The number of carbonyl (C=O) groups is 2. The second-order valence-electron chi connectivity index (χ2n) is 20.3. The summed E-state index contributed by atoms with van der Waals surface area (Å²) in [6, 6.07) is -0.635. The number of nitrogens with one attached hydrogen (secondary N) is 1. The molecule has 0 spiro atoms. The summed E-state index contributed by atoms with van der Waals surface area (Å²) in [6.07, 6.45) is 72.9. The molecular formula is C62H115NO5. The molecule has 68 heavy (non-hydrogen) atoms. The molecule has 0 aromatic carbocycles. The normalized spacial score (nSPS) is 12.9. The zero-order valence-corrected chi connectivity index (χ0v) is 45.3. The highest BCUT2D eigenvalue weighted by molar-refractivity contribution is 5.76. The highest BCUT2D eigenvalue weighted by Crippen LogP contribution is 2.16. The number of unbranched alkanes of at least 4 members (excludes halogenated alkanes) is 38. The van der Waals surface area contributed by atoms with E-state index in [0.29, 0.717) is 19.4 Å². The van der Waals surface area contributed by atoms with Gasteiger partial charge in [-0.25, -0.2) is 0 Å². The van der Waals surface area contributed by atoms with E-state index < -0.39 is 12.1 Å². The van der Waals surface area contributed by atoms with Crippen molar-refractivity contribution in [2.24, 2.45) is 0 Å². The van der Waals surface area contributed by atoms with E-state index >= 15 is 0 Å². The maximum Gasteiger partial charge on any atom is 0.305 e. The Hall–Kier alpha value is -2.18. The predicted octanol–water partition coefficient (Wildman–Crippen LogP) is 18.6. The molecule has 2 atom stereocenters. The van der Waals surface area contributed by atoms with Gasteiger partial charge in [0.25, 0.3) is 0 Å². The van der Waals surface area contributed by atoms with E-state index in [9.17, 15) is 19.8 Å². The monoisotopic (exact) mass is 954 g/mol. The van der Waals surface area contributed by atoms with Gasteiger partial charge in [-0.05, 0) is 89.9 Å². The molecule has 0 aliphatic heterocycles. The summed E-state index contributed by atoms with van der Waals surface area (Å²) in [6.45, 7) is 4.88. The van der Waals surface area contributed by atoms with Crippen molar-refractivity contribution < 1.29 is 24.5 Å². The number of ether oxygens (including phenoxy) is 1. The highest BCUT2D eigenvalue weighted by atomic mass is 16.5. The Morgan fingerprint density at radius 1 is 0.412 bits per heavy atom. The van der Waals surface area contributed by atoms with Gasteiger partial charge >= 0.3 is 5.97 Å². The third-order valence-corrected chi connectivity index (χ3v) is 13.6. The second-order valence-corrected chi connectivity index (χ2v) is 20.3. The van der Waals surface area contributed by atoms with E-state index in [1.165, 1.54) is 218 Å². The van der Waals surface area contributed by atoms with Gasteiger partial charge in [0, 0.05) is 12.8 Å². The summed E-state index contributed by atoms with van der Waals surface area (Å²) >= 11 is 0. The second kappa shape index (κ2) is 57.4. The SMILES string of the molecule is CCCCCCCCC/C=C\CCCCCCCC(=O)OCCCCCCCCCCC/C=C\C/C=C\CCCCCCCCCC(=O)NC(CO)C(O)/C=C/CCCCCCCCCCCC. The molecule has 0 aliphatic carbocycles. The van der Waals surface area contributed by atoms with Gasteiger partial charge in [-0.3, -0.25) is 9.59 Å². The van der Waals surface area contributed by atoms with E-state index in [-0.39, 0.29) is 18.5 Å². The van der Waals surface area contributed by atoms with Gasteiger partial charge in [0.15, 0.2) is 0 Å². The number of rotatable bonds is 55. The number of amides is 1. The third kappa shape index (κ3) is 53.2. The fraction of sp³-hybridized carbons (Fsp3) is 0.839. The van der Waals surface area contributed by atoms with Gasteiger partial charge in [0.1, 0.15) is 0 Å². The number of aliphatic hydroxyl groups is 2. The van der Waals surface area contributed by atoms with Crippen molar-refractivity contribution in [2.75, 3.05) is 13.2 Å². The lowest BCUT2D eigenvalue weighted by molar-refractivity contribution is -0.143. The molecule has 0 rings (SSSR count). The van der Waals surface area contributed by atoms with Crippen LogP contribution in [0.5, 0.6) is 0 Å².